The van der Waals surface area contributed by atoms with Crippen LogP contribution in [-0.2, 0) is 0 Å². The maximum absolute atomic E-state index is 12.4. The van der Waals surface area contributed by atoms with Gasteiger partial charge in [-0.1, -0.05) is 0 Å². The summed E-state index contributed by atoms with van der Waals surface area (Å²) < 4.78 is 2.67. The second kappa shape index (κ2) is 4.99. The summed E-state index contributed by atoms with van der Waals surface area (Å²) in [6.45, 7) is 3.80. The fourth-order valence-corrected chi connectivity index (χ4v) is 3.23. The number of thiazole rings is 1. The monoisotopic (exact) mass is 350 g/mol. The van der Waals surface area contributed by atoms with E-state index in [-0.39, 0.29) is 5.91 Å². The molecule has 0 aliphatic rings. The minimum atomic E-state index is -0.206. The van der Waals surface area contributed by atoms with Gasteiger partial charge >= 0.3 is 0 Å². The minimum Gasteiger partial charge on any atom is -0.296 e. The second-order valence-corrected chi connectivity index (χ2v) is 6.15. The van der Waals surface area contributed by atoms with E-state index in [9.17, 15) is 4.79 Å². The minimum absolute atomic E-state index is 0.206. The molecule has 3 aromatic rings. The van der Waals surface area contributed by atoms with Crippen LogP contribution in [0.25, 0.3) is 5.65 Å². The van der Waals surface area contributed by atoms with Gasteiger partial charge < -0.3 is 0 Å². The van der Waals surface area contributed by atoms with Gasteiger partial charge in [0, 0.05) is 17.8 Å². The third-order valence-electron chi connectivity index (χ3n) is 2.85. The van der Waals surface area contributed by atoms with Crippen molar-refractivity contribution < 1.29 is 4.79 Å². The summed E-state index contributed by atoms with van der Waals surface area (Å²) in [5.74, 6) is -0.206. The molecule has 3 rings (SSSR count). The van der Waals surface area contributed by atoms with Crippen LogP contribution in [0.4, 0.5) is 5.13 Å². The zero-order valence-electron chi connectivity index (χ0n) is 10.8. The lowest BCUT2D eigenvalue weighted by molar-refractivity contribution is 0.102. The number of nitrogens with one attached hydrogen (secondary N) is 1. The van der Waals surface area contributed by atoms with E-state index in [2.05, 4.69) is 31.2 Å². The summed E-state index contributed by atoms with van der Waals surface area (Å²) in [5, 5.41) is 5.19. The van der Waals surface area contributed by atoms with Crippen molar-refractivity contribution in [2.24, 2.45) is 0 Å². The smallest absolute Gasteiger partial charge is 0.276 e. The van der Waals surface area contributed by atoms with E-state index in [4.69, 9.17) is 0 Å². The number of halogens is 1. The maximum Gasteiger partial charge on any atom is 0.276 e. The normalized spacial score (nSPS) is 10.9. The molecule has 0 aliphatic heterocycles. The van der Waals surface area contributed by atoms with Crippen molar-refractivity contribution in [1.29, 1.82) is 0 Å². The molecular formula is C13H11BrN4OS. The van der Waals surface area contributed by atoms with Gasteiger partial charge in [-0.05, 0) is 41.4 Å². The Bertz CT molecular complexity index is 794. The van der Waals surface area contributed by atoms with Crippen molar-refractivity contribution in [2.45, 2.75) is 13.8 Å². The summed E-state index contributed by atoms with van der Waals surface area (Å²) in [4.78, 5) is 20.9. The number of rotatable bonds is 2. The number of carbonyl (C=O) groups excluding carboxylic acids is 1. The Balaban J connectivity index is 2.11. The summed E-state index contributed by atoms with van der Waals surface area (Å²) in [6.07, 6.45) is 3.55. The zero-order valence-corrected chi connectivity index (χ0v) is 13.2. The van der Waals surface area contributed by atoms with Crippen molar-refractivity contribution in [3.63, 3.8) is 0 Å². The number of anilines is 1. The third-order valence-corrected chi connectivity index (χ3v) is 4.13. The highest BCUT2D eigenvalue weighted by Crippen LogP contribution is 2.23. The summed E-state index contributed by atoms with van der Waals surface area (Å²) in [5.41, 5.74) is 2.99. The number of nitrogens with zero attached hydrogens (tertiary/aromatic N) is 3. The number of hydrogen-bond donors (Lipinski definition) is 1. The summed E-state index contributed by atoms with van der Waals surface area (Å²) in [6, 6.07) is 1.98. The highest BCUT2D eigenvalue weighted by Gasteiger charge is 2.19. The second-order valence-electron chi connectivity index (χ2n) is 4.40. The van der Waals surface area contributed by atoms with Crippen molar-refractivity contribution in [2.75, 3.05) is 5.32 Å². The summed E-state index contributed by atoms with van der Waals surface area (Å²) >= 11 is 4.86. The van der Waals surface area contributed by atoms with E-state index in [0.717, 1.165) is 15.7 Å². The van der Waals surface area contributed by atoms with Gasteiger partial charge in [0.2, 0.25) is 0 Å². The molecule has 20 heavy (non-hydrogen) atoms. The van der Waals surface area contributed by atoms with E-state index in [1.807, 2.05) is 31.5 Å². The molecule has 7 heteroatoms. The molecule has 0 unspecified atom stereocenters. The number of carbonyl (C=O) groups is 1. The van der Waals surface area contributed by atoms with Gasteiger partial charge in [-0.3, -0.25) is 14.5 Å². The number of amides is 1. The van der Waals surface area contributed by atoms with Crippen LogP contribution >= 0.6 is 27.3 Å². The topological polar surface area (TPSA) is 59.3 Å². The lowest BCUT2D eigenvalue weighted by Crippen LogP contribution is -2.15. The SMILES string of the molecule is Cc1cc(Br)c2nc(C)c(C(=O)Nc3nccs3)n2c1. The molecule has 0 atom stereocenters. The van der Waals surface area contributed by atoms with Gasteiger partial charge in [-0.25, -0.2) is 9.97 Å². The highest BCUT2D eigenvalue weighted by molar-refractivity contribution is 9.10. The predicted octanol–water partition coefficient (Wildman–Crippen LogP) is 3.42. The van der Waals surface area contributed by atoms with E-state index in [1.165, 1.54) is 11.3 Å². The zero-order chi connectivity index (χ0) is 14.3. The molecule has 1 N–H and O–H groups in total. The molecule has 0 spiro atoms. The van der Waals surface area contributed by atoms with E-state index >= 15 is 0 Å². The third kappa shape index (κ3) is 2.23. The largest absolute Gasteiger partial charge is 0.296 e. The number of aryl methyl sites for hydroxylation is 2. The van der Waals surface area contributed by atoms with Crippen LogP contribution in [0.1, 0.15) is 21.7 Å². The van der Waals surface area contributed by atoms with Crippen LogP contribution in [0.15, 0.2) is 28.3 Å². The molecule has 0 aromatic carbocycles. The lowest BCUT2D eigenvalue weighted by Gasteiger charge is -2.05. The number of aromatic nitrogens is 3. The molecule has 0 saturated carbocycles. The molecular weight excluding hydrogens is 340 g/mol. The average Bonchev–Trinajstić information content (AvgIpc) is 2.96. The molecule has 0 aliphatic carbocycles. The van der Waals surface area contributed by atoms with Gasteiger partial charge in [-0.15, -0.1) is 11.3 Å². The van der Waals surface area contributed by atoms with Crippen LogP contribution in [-0.4, -0.2) is 20.3 Å². The molecule has 0 bridgehead atoms. The number of hydrogen-bond acceptors (Lipinski definition) is 4. The fourth-order valence-electron chi connectivity index (χ4n) is 2.06. The first-order valence-electron chi connectivity index (χ1n) is 5.92. The van der Waals surface area contributed by atoms with E-state index < -0.39 is 0 Å². The fraction of sp³-hybridized carbons (Fsp3) is 0.154. The first kappa shape index (κ1) is 13.3. The Kier molecular flexibility index (Phi) is 3.31. The Hall–Kier alpha value is -1.73. The average molecular weight is 351 g/mol. The molecule has 1 amide bonds. The van der Waals surface area contributed by atoms with Crippen LogP contribution in [0, 0.1) is 13.8 Å². The van der Waals surface area contributed by atoms with Crippen molar-refractivity contribution in [1.82, 2.24) is 14.4 Å². The molecule has 0 radical (unpaired) electrons. The Morgan fingerprint density at radius 2 is 2.25 bits per heavy atom. The van der Waals surface area contributed by atoms with Crippen molar-refractivity contribution >= 4 is 44.0 Å². The Morgan fingerprint density at radius 3 is 2.95 bits per heavy atom. The van der Waals surface area contributed by atoms with Gasteiger partial charge in [0.05, 0.1) is 10.2 Å². The van der Waals surface area contributed by atoms with Gasteiger partial charge in [0.1, 0.15) is 5.69 Å². The lowest BCUT2D eigenvalue weighted by atomic mass is 10.3. The Labute approximate surface area is 127 Å². The van der Waals surface area contributed by atoms with E-state index in [0.29, 0.717) is 16.5 Å². The molecule has 0 fully saturated rings. The highest BCUT2D eigenvalue weighted by atomic mass is 79.9. The predicted molar refractivity (Wildman–Crippen MR) is 82.4 cm³/mol. The van der Waals surface area contributed by atoms with Crippen LogP contribution in [0.3, 0.4) is 0 Å². The maximum atomic E-state index is 12.4. The molecule has 3 aromatic heterocycles. The Morgan fingerprint density at radius 1 is 1.45 bits per heavy atom. The van der Waals surface area contributed by atoms with Crippen molar-refractivity contribution in [3.8, 4) is 0 Å². The van der Waals surface area contributed by atoms with Gasteiger partial charge in [-0.2, -0.15) is 0 Å². The van der Waals surface area contributed by atoms with E-state index in [1.54, 1.807) is 10.6 Å². The van der Waals surface area contributed by atoms with Crippen LogP contribution < -0.4 is 5.32 Å². The first-order chi connectivity index (χ1) is 9.56. The van der Waals surface area contributed by atoms with Crippen LogP contribution in [0.5, 0.6) is 0 Å². The quantitative estimate of drug-likeness (QED) is 0.770. The first-order valence-corrected chi connectivity index (χ1v) is 7.59. The molecule has 0 saturated heterocycles. The van der Waals surface area contributed by atoms with Crippen LogP contribution in [0.2, 0.25) is 0 Å². The van der Waals surface area contributed by atoms with Gasteiger partial charge in [0.25, 0.3) is 5.91 Å². The summed E-state index contributed by atoms with van der Waals surface area (Å²) in [7, 11) is 0. The number of pyridine rings is 1. The van der Waals surface area contributed by atoms with Gasteiger partial charge in [0.15, 0.2) is 10.8 Å². The molecule has 3 heterocycles. The standard InChI is InChI=1S/C13H11BrN4OS/c1-7-5-9(14)11-16-8(2)10(18(11)6-7)12(19)17-13-15-3-4-20-13/h3-6H,1-2H3,(H,15,17,19). The number of imidazole rings is 1. The number of fused-ring (bicyclic) bond motifs is 1. The van der Waals surface area contributed by atoms with Crippen molar-refractivity contribution in [3.05, 3.63) is 45.3 Å². The molecule has 102 valence electrons. The molecule has 5 nitrogen and oxygen atoms in total.